The topological polar surface area (TPSA) is 0 Å². The fourth-order valence-electron chi connectivity index (χ4n) is 1.58. The van der Waals surface area contributed by atoms with E-state index in [1.54, 1.807) is 0 Å². The van der Waals surface area contributed by atoms with Crippen LogP contribution in [-0.2, 0) is 0 Å². The lowest BCUT2D eigenvalue weighted by atomic mass is 10.1. The van der Waals surface area contributed by atoms with Crippen molar-refractivity contribution in [2.75, 3.05) is 33.4 Å². The molecule has 0 saturated carbocycles. The van der Waals surface area contributed by atoms with E-state index in [1.807, 2.05) is 0 Å². The molecule has 0 radical (unpaired) electrons. The van der Waals surface area contributed by atoms with E-state index in [2.05, 4.69) is 33.8 Å². The SMILES string of the molecule is C[N+](C)(C)CCCCCCCCCS.[Br-]. The monoisotopic (exact) mass is 297 g/mol. The maximum atomic E-state index is 4.21. The third-order valence-corrected chi connectivity index (χ3v) is 2.80. The molecule has 0 aliphatic rings. The minimum absolute atomic E-state index is 0. The second-order valence-corrected chi connectivity index (χ2v) is 5.66. The van der Waals surface area contributed by atoms with E-state index in [0.717, 1.165) is 10.2 Å². The van der Waals surface area contributed by atoms with E-state index in [1.165, 1.54) is 51.5 Å². The van der Waals surface area contributed by atoms with E-state index in [9.17, 15) is 0 Å². The van der Waals surface area contributed by atoms with Crippen LogP contribution in [0.25, 0.3) is 0 Å². The molecule has 0 unspecified atom stereocenters. The molecule has 0 aromatic carbocycles. The first kappa shape index (κ1) is 18.2. The van der Waals surface area contributed by atoms with Crippen molar-refractivity contribution < 1.29 is 21.5 Å². The van der Waals surface area contributed by atoms with Crippen molar-refractivity contribution in [1.29, 1.82) is 0 Å². The zero-order valence-electron chi connectivity index (χ0n) is 10.6. The van der Waals surface area contributed by atoms with Crippen molar-refractivity contribution in [3.8, 4) is 0 Å². The van der Waals surface area contributed by atoms with E-state index < -0.39 is 0 Å². The van der Waals surface area contributed by atoms with Crippen molar-refractivity contribution in [2.45, 2.75) is 44.9 Å². The highest BCUT2D eigenvalue weighted by Crippen LogP contribution is 2.08. The second kappa shape index (κ2) is 11.3. The average molecular weight is 298 g/mol. The van der Waals surface area contributed by atoms with Crippen LogP contribution in [0.5, 0.6) is 0 Å². The van der Waals surface area contributed by atoms with Crippen LogP contribution in [0.3, 0.4) is 0 Å². The molecule has 94 valence electrons. The van der Waals surface area contributed by atoms with Gasteiger partial charge in [0, 0.05) is 0 Å². The van der Waals surface area contributed by atoms with Crippen molar-refractivity contribution in [3.63, 3.8) is 0 Å². The minimum atomic E-state index is 0. The molecule has 0 bridgehead atoms. The first-order valence-corrected chi connectivity index (χ1v) is 6.61. The molecule has 1 nitrogen and oxygen atoms in total. The number of hydrogen-bond donors (Lipinski definition) is 1. The summed E-state index contributed by atoms with van der Waals surface area (Å²) in [4.78, 5) is 0. The standard InChI is InChI=1S/C12H27NS.BrH/c1-13(2,3)11-9-7-5-4-6-8-10-12-14;/h4-12H2,1-3H3;1H. The molecule has 0 atom stereocenters. The van der Waals surface area contributed by atoms with Crippen LogP contribution in [0.1, 0.15) is 44.9 Å². The Bertz CT molecular complexity index is 123. The van der Waals surface area contributed by atoms with Gasteiger partial charge in [0.15, 0.2) is 0 Å². The van der Waals surface area contributed by atoms with Crippen LogP contribution in [0.2, 0.25) is 0 Å². The van der Waals surface area contributed by atoms with Crippen LogP contribution >= 0.6 is 12.6 Å². The smallest absolute Gasteiger partial charge is 0.0780 e. The number of hydrogen-bond acceptors (Lipinski definition) is 1. The number of quaternary nitrogens is 1. The molecule has 0 aliphatic carbocycles. The van der Waals surface area contributed by atoms with Gasteiger partial charge in [-0.1, -0.05) is 25.7 Å². The fourth-order valence-corrected chi connectivity index (χ4v) is 1.81. The summed E-state index contributed by atoms with van der Waals surface area (Å²) in [7, 11) is 6.81. The van der Waals surface area contributed by atoms with Crippen LogP contribution in [-0.4, -0.2) is 37.9 Å². The van der Waals surface area contributed by atoms with Crippen LogP contribution in [0.4, 0.5) is 0 Å². The molecule has 0 amide bonds. The first-order chi connectivity index (χ1) is 6.56. The lowest BCUT2D eigenvalue weighted by molar-refractivity contribution is -0.870. The zero-order valence-corrected chi connectivity index (χ0v) is 13.1. The highest BCUT2D eigenvalue weighted by atomic mass is 79.9. The average Bonchev–Trinajstić information content (AvgIpc) is 2.08. The Morgan fingerprint density at radius 3 is 1.53 bits per heavy atom. The highest BCUT2D eigenvalue weighted by Gasteiger charge is 2.04. The number of unbranched alkanes of at least 4 members (excludes halogenated alkanes) is 6. The van der Waals surface area contributed by atoms with E-state index >= 15 is 0 Å². The van der Waals surface area contributed by atoms with Gasteiger partial charge in [-0.2, -0.15) is 12.6 Å². The number of halogens is 1. The first-order valence-electron chi connectivity index (χ1n) is 5.97. The molecule has 0 rings (SSSR count). The van der Waals surface area contributed by atoms with Gasteiger partial charge in [-0.3, -0.25) is 0 Å². The van der Waals surface area contributed by atoms with Gasteiger partial charge < -0.3 is 21.5 Å². The van der Waals surface area contributed by atoms with E-state index in [0.29, 0.717) is 0 Å². The van der Waals surface area contributed by atoms with Crippen molar-refractivity contribution in [3.05, 3.63) is 0 Å². The Morgan fingerprint density at radius 1 is 0.733 bits per heavy atom. The third kappa shape index (κ3) is 17.4. The zero-order chi connectivity index (χ0) is 10.9. The summed E-state index contributed by atoms with van der Waals surface area (Å²) in [5.41, 5.74) is 0. The molecular weight excluding hydrogens is 270 g/mol. The van der Waals surface area contributed by atoms with Gasteiger partial charge >= 0.3 is 0 Å². The van der Waals surface area contributed by atoms with Crippen LogP contribution < -0.4 is 17.0 Å². The van der Waals surface area contributed by atoms with Crippen molar-refractivity contribution in [2.24, 2.45) is 0 Å². The molecule has 0 aromatic heterocycles. The summed E-state index contributed by atoms with van der Waals surface area (Å²) >= 11 is 4.21. The normalized spacial score (nSPS) is 11.2. The quantitative estimate of drug-likeness (QED) is 0.355. The number of rotatable bonds is 9. The summed E-state index contributed by atoms with van der Waals surface area (Å²) in [5.74, 6) is 1.06. The van der Waals surface area contributed by atoms with Gasteiger partial charge in [0.25, 0.3) is 0 Å². The second-order valence-electron chi connectivity index (χ2n) is 5.21. The van der Waals surface area contributed by atoms with Crippen LogP contribution in [0, 0.1) is 0 Å². The molecule has 15 heavy (non-hydrogen) atoms. The molecule has 0 N–H and O–H groups in total. The van der Waals surface area contributed by atoms with Gasteiger partial charge in [0.05, 0.1) is 27.7 Å². The Labute approximate surface area is 112 Å². The number of thiol groups is 1. The Balaban J connectivity index is 0. The summed E-state index contributed by atoms with van der Waals surface area (Å²) < 4.78 is 1.11. The largest absolute Gasteiger partial charge is 1.00 e. The van der Waals surface area contributed by atoms with E-state index in [4.69, 9.17) is 0 Å². The minimum Gasteiger partial charge on any atom is -1.00 e. The molecular formula is C12H28BrNS. The summed E-state index contributed by atoms with van der Waals surface area (Å²) in [6, 6.07) is 0. The molecule has 0 aromatic rings. The van der Waals surface area contributed by atoms with Gasteiger partial charge in [-0.25, -0.2) is 0 Å². The summed E-state index contributed by atoms with van der Waals surface area (Å²) in [6.07, 6.45) is 9.72. The van der Waals surface area contributed by atoms with E-state index in [-0.39, 0.29) is 17.0 Å². The highest BCUT2D eigenvalue weighted by molar-refractivity contribution is 7.80. The number of nitrogens with zero attached hydrogens (tertiary/aromatic N) is 1. The lowest BCUT2D eigenvalue weighted by Gasteiger charge is -2.23. The van der Waals surface area contributed by atoms with Crippen molar-refractivity contribution >= 4 is 12.6 Å². The third-order valence-electron chi connectivity index (χ3n) is 2.49. The van der Waals surface area contributed by atoms with Crippen LogP contribution in [0.15, 0.2) is 0 Å². The lowest BCUT2D eigenvalue weighted by Crippen LogP contribution is -3.00. The molecule has 0 heterocycles. The molecule has 0 aliphatic heterocycles. The van der Waals surface area contributed by atoms with Crippen molar-refractivity contribution in [1.82, 2.24) is 0 Å². The van der Waals surface area contributed by atoms with Gasteiger partial charge in [0.1, 0.15) is 0 Å². The van der Waals surface area contributed by atoms with Gasteiger partial charge in [0.2, 0.25) is 0 Å². The Morgan fingerprint density at radius 2 is 1.13 bits per heavy atom. The molecule has 3 heteroatoms. The van der Waals surface area contributed by atoms with Gasteiger partial charge in [-0.05, 0) is 25.0 Å². The summed E-state index contributed by atoms with van der Waals surface area (Å²) in [5, 5.41) is 0. The molecule has 0 spiro atoms. The predicted octanol–water partition coefficient (Wildman–Crippen LogP) is 0.357. The predicted molar refractivity (Wildman–Crippen MR) is 69.1 cm³/mol. The fraction of sp³-hybridized carbons (Fsp3) is 1.00. The molecule has 0 saturated heterocycles. The Kier molecular flexibility index (Phi) is 13.7. The summed E-state index contributed by atoms with van der Waals surface area (Å²) in [6.45, 7) is 1.32. The molecule has 0 fully saturated rings. The maximum Gasteiger partial charge on any atom is 0.0780 e. The Hall–Kier alpha value is 0.790. The van der Waals surface area contributed by atoms with Gasteiger partial charge in [-0.15, -0.1) is 0 Å². The maximum absolute atomic E-state index is 4.21.